The molecule has 0 aromatic rings. The second kappa shape index (κ2) is 14.9. The Labute approximate surface area is 143 Å². The Morgan fingerprint density at radius 2 is 1.35 bits per heavy atom. The third-order valence-corrected chi connectivity index (χ3v) is 4.58. The molecule has 1 aliphatic heterocycles. The second-order valence-corrected chi connectivity index (χ2v) is 6.88. The lowest BCUT2D eigenvalue weighted by Gasteiger charge is -2.03. The molecular weight excluding hydrogens is 286 g/mol. The molecule has 1 atom stereocenters. The van der Waals surface area contributed by atoms with E-state index in [9.17, 15) is 0 Å². The average molecular weight is 326 g/mol. The fourth-order valence-electron chi connectivity index (χ4n) is 3.02. The van der Waals surface area contributed by atoms with Gasteiger partial charge in [0.05, 0.1) is 12.6 Å². The van der Waals surface area contributed by atoms with Gasteiger partial charge in [0, 0.05) is 6.54 Å². The van der Waals surface area contributed by atoms with Crippen LogP contribution in [0.4, 0.5) is 0 Å². The molecule has 0 saturated carbocycles. The lowest BCUT2D eigenvalue weighted by atomic mass is 10.0. The molecule has 1 fully saturated rings. The zero-order valence-electron chi connectivity index (χ0n) is 15.3. The first-order chi connectivity index (χ1) is 11.3. The predicted molar refractivity (Wildman–Crippen MR) is 99.7 cm³/mol. The molecule has 1 rings (SSSR count). The zero-order valence-corrected chi connectivity index (χ0v) is 15.3. The van der Waals surface area contributed by atoms with Crippen LogP contribution >= 0.6 is 0 Å². The Hall–Kier alpha value is -0.610. The maximum atomic E-state index is 5.82. The van der Waals surface area contributed by atoms with Crippen molar-refractivity contribution in [3.8, 4) is 0 Å². The van der Waals surface area contributed by atoms with Gasteiger partial charge in [-0.2, -0.15) is 0 Å². The number of amidine groups is 1. The Bertz CT molecular complexity index is 294. The third-order valence-electron chi connectivity index (χ3n) is 4.58. The van der Waals surface area contributed by atoms with E-state index in [0.29, 0.717) is 6.61 Å². The summed E-state index contributed by atoms with van der Waals surface area (Å²) in [7, 11) is 0. The van der Waals surface area contributed by atoms with E-state index in [-0.39, 0.29) is 6.04 Å². The van der Waals surface area contributed by atoms with Gasteiger partial charge in [-0.3, -0.25) is 15.3 Å². The normalized spacial score (nSPS) is 19.4. The molecule has 1 aliphatic rings. The van der Waals surface area contributed by atoms with Gasteiger partial charge in [-0.15, -0.1) is 0 Å². The van der Waals surface area contributed by atoms with Crippen molar-refractivity contribution in [1.29, 1.82) is 0 Å². The van der Waals surface area contributed by atoms with Crippen LogP contribution in [0.5, 0.6) is 0 Å². The van der Waals surface area contributed by atoms with E-state index in [1.54, 1.807) is 0 Å². The Morgan fingerprint density at radius 3 is 1.78 bits per heavy atom. The zero-order chi connectivity index (χ0) is 16.6. The van der Waals surface area contributed by atoms with Gasteiger partial charge in [-0.25, -0.2) is 0 Å². The largest absolute Gasteiger partial charge is 0.319 e. The number of hydroxylamine groups is 1. The van der Waals surface area contributed by atoms with Crippen LogP contribution in [0.2, 0.25) is 0 Å². The molecule has 0 bridgehead atoms. The summed E-state index contributed by atoms with van der Waals surface area (Å²) in [6.45, 7) is 3.69. The predicted octanol–water partition coefficient (Wildman–Crippen LogP) is 4.73. The smallest absolute Gasteiger partial charge is 0.140 e. The first-order valence-electron chi connectivity index (χ1n) is 10.0. The Balaban J connectivity index is 1.73. The molecule has 0 aliphatic carbocycles. The lowest BCUT2D eigenvalue weighted by Crippen LogP contribution is -2.32. The van der Waals surface area contributed by atoms with Crippen LogP contribution in [-0.4, -0.2) is 25.0 Å². The minimum Gasteiger partial charge on any atom is -0.319 e. The van der Waals surface area contributed by atoms with Crippen LogP contribution in [0.15, 0.2) is 4.99 Å². The number of hydrogen-bond acceptors (Lipinski definition) is 3. The fraction of sp³-hybridized carbons (Fsp3) is 0.947. The van der Waals surface area contributed by atoms with Crippen molar-refractivity contribution in [2.75, 3.05) is 13.2 Å². The van der Waals surface area contributed by atoms with Crippen LogP contribution in [0.25, 0.3) is 0 Å². The average Bonchev–Trinajstić information content (AvgIpc) is 2.96. The van der Waals surface area contributed by atoms with Crippen molar-refractivity contribution >= 4 is 5.84 Å². The highest BCUT2D eigenvalue weighted by Crippen LogP contribution is 2.12. The summed E-state index contributed by atoms with van der Waals surface area (Å²) in [6.07, 6.45) is 19.4. The number of rotatable bonds is 15. The molecule has 136 valence electrons. The molecular formula is C19H39N3O. The van der Waals surface area contributed by atoms with Crippen LogP contribution in [-0.2, 0) is 4.84 Å². The van der Waals surface area contributed by atoms with E-state index in [1.165, 1.54) is 83.5 Å². The summed E-state index contributed by atoms with van der Waals surface area (Å²) in [6, 6.07) is -0.0540. The summed E-state index contributed by atoms with van der Waals surface area (Å²) in [5.41, 5.74) is 8.60. The standard InChI is InChI=1S/C19H39N3O/c1-2-3-4-5-6-7-8-9-10-11-12-13-14-15-16-21-19-18(20)17-23-22-19/h18H,2-17,20H2,1H3,(H,21,22)/t18-/m0/s1. The first kappa shape index (κ1) is 20.4. The van der Waals surface area contributed by atoms with Crippen molar-refractivity contribution in [2.45, 2.75) is 103 Å². The summed E-state index contributed by atoms with van der Waals surface area (Å²) in [5.74, 6) is 0.819. The number of unbranched alkanes of at least 4 members (excludes halogenated alkanes) is 13. The summed E-state index contributed by atoms with van der Waals surface area (Å²) >= 11 is 0. The molecule has 0 unspecified atom stereocenters. The van der Waals surface area contributed by atoms with Gasteiger partial charge in [0.1, 0.15) is 5.84 Å². The highest BCUT2D eigenvalue weighted by molar-refractivity contribution is 5.87. The van der Waals surface area contributed by atoms with Crippen molar-refractivity contribution < 1.29 is 4.84 Å². The van der Waals surface area contributed by atoms with Gasteiger partial charge in [-0.1, -0.05) is 90.4 Å². The van der Waals surface area contributed by atoms with Crippen LogP contribution in [0.1, 0.15) is 96.8 Å². The lowest BCUT2D eigenvalue weighted by molar-refractivity contribution is 0.118. The molecule has 1 heterocycles. The van der Waals surface area contributed by atoms with Gasteiger partial charge in [0.25, 0.3) is 0 Å². The number of aliphatic imine (C=N–C) groups is 1. The van der Waals surface area contributed by atoms with E-state index in [2.05, 4.69) is 17.4 Å². The van der Waals surface area contributed by atoms with Crippen LogP contribution in [0.3, 0.4) is 0 Å². The van der Waals surface area contributed by atoms with Crippen molar-refractivity contribution in [3.05, 3.63) is 0 Å². The quantitative estimate of drug-likeness (QED) is 0.428. The molecule has 4 nitrogen and oxygen atoms in total. The maximum absolute atomic E-state index is 5.82. The third kappa shape index (κ3) is 11.5. The molecule has 0 spiro atoms. The fourth-order valence-corrected chi connectivity index (χ4v) is 3.02. The van der Waals surface area contributed by atoms with Gasteiger partial charge in [-0.05, 0) is 6.42 Å². The van der Waals surface area contributed by atoms with Gasteiger partial charge >= 0.3 is 0 Å². The molecule has 1 saturated heterocycles. The van der Waals surface area contributed by atoms with E-state index in [0.717, 1.165) is 18.8 Å². The number of nitrogens with one attached hydrogen (secondary N) is 1. The topological polar surface area (TPSA) is 59.6 Å². The maximum Gasteiger partial charge on any atom is 0.140 e. The molecule has 4 heteroatoms. The highest BCUT2D eigenvalue weighted by Gasteiger charge is 2.17. The first-order valence-corrected chi connectivity index (χ1v) is 10.0. The minimum atomic E-state index is -0.0540. The van der Waals surface area contributed by atoms with Gasteiger partial charge in [0.2, 0.25) is 0 Å². The molecule has 0 aromatic heterocycles. The number of nitrogens with two attached hydrogens (primary N) is 1. The summed E-state index contributed by atoms with van der Waals surface area (Å²) in [5, 5.41) is 0. The molecule has 0 aromatic carbocycles. The number of hydrogen-bond donors (Lipinski definition) is 2. The van der Waals surface area contributed by atoms with Crippen molar-refractivity contribution in [2.24, 2.45) is 10.7 Å². The second-order valence-electron chi connectivity index (χ2n) is 6.88. The summed E-state index contributed by atoms with van der Waals surface area (Å²) in [4.78, 5) is 9.49. The van der Waals surface area contributed by atoms with Gasteiger partial charge < -0.3 is 5.73 Å². The Kier molecular flexibility index (Phi) is 13.3. The number of nitrogens with zero attached hydrogens (tertiary/aromatic N) is 1. The van der Waals surface area contributed by atoms with Crippen LogP contribution in [0, 0.1) is 0 Å². The van der Waals surface area contributed by atoms with Crippen molar-refractivity contribution in [3.63, 3.8) is 0 Å². The summed E-state index contributed by atoms with van der Waals surface area (Å²) < 4.78 is 0. The molecule has 0 radical (unpaired) electrons. The SMILES string of the molecule is CCCCCCCCCCCCCCCCN=C1NOC[C@@H]1N. The molecule has 0 amide bonds. The van der Waals surface area contributed by atoms with E-state index in [4.69, 9.17) is 10.6 Å². The van der Waals surface area contributed by atoms with E-state index < -0.39 is 0 Å². The minimum absolute atomic E-state index is 0.0540. The van der Waals surface area contributed by atoms with E-state index in [1.807, 2.05) is 0 Å². The van der Waals surface area contributed by atoms with Gasteiger partial charge in [0.15, 0.2) is 0 Å². The van der Waals surface area contributed by atoms with E-state index >= 15 is 0 Å². The highest BCUT2D eigenvalue weighted by atomic mass is 16.7. The Morgan fingerprint density at radius 1 is 0.870 bits per heavy atom. The molecule has 3 N–H and O–H groups in total. The molecule has 23 heavy (non-hydrogen) atoms. The van der Waals surface area contributed by atoms with Crippen LogP contribution < -0.4 is 11.2 Å². The monoisotopic (exact) mass is 325 g/mol. The van der Waals surface area contributed by atoms with Crippen molar-refractivity contribution in [1.82, 2.24) is 5.48 Å².